The first-order chi connectivity index (χ1) is 12.2. The van der Waals surface area contributed by atoms with Gasteiger partial charge in [0.1, 0.15) is 6.29 Å². The van der Waals surface area contributed by atoms with E-state index >= 15 is 0 Å². The van der Waals surface area contributed by atoms with Crippen LogP contribution < -0.4 is 5.43 Å². The molecular formula is C22H20O2S. The first kappa shape index (κ1) is 16.2. The van der Waals surface area contributed by atoms with E-state index in [-0.39, 0.29) is 5.43 Å². The first-order valence-corrected chi connectivity index (χ1v) is 9.65. The van der Waals surface area contributed by atoms with Crippen molar-refractivity contribution in [1.29, 1.82) is 0 Å². The maximum Gasteiger partial charge on any atom is 0.191 e. The fourth-order valence-corrected chi connectivity index (χ4v) is 5.05. The van der Waals surface area contributed by atoms with Crippen LogP contribution in [0.2, 0.25) is 0 Å². The summed E-state index contributed by atoms with van der Waals surface area (Å²) in [5, 5.41) is 0.840. The molecule has 25 heavy (non-hydrogen) atoms. The molecule has 0 aliphatic heterocycles. The van der Waals surface area contributed by atoms with Crippen LogP contribution in [0.15, 0.2) is 47.3 Å². The fraction of sp³-hybridized carbons (Fsp3) is 0.273. The van der Waals surface area contributed by atoms with Gasteiger partial charge in [-0.2, -0.15) is 0 Å². The Labute approximate surface area is 151 Å². The van der Waals surface area contributed by atoms with Gasteiger partial charge in [-0.15, -0.1) is 11.3 Å². The van der Waals surface area contributed by atoms with E-state index in [0.717, 1.165) is 52.3 Å². The van der Waals surface area contributed by atoms with Crippen molar-refractivity contribution in [3.8, 4) is 11.1 Å². The lowest BCUT2D eigenvalue weighted by Crippen LogP contribution is -2.20. The number of carbonyl (C=O) groups is 1. The maximum absolute atomic E-state index is 12.9. The highest BCUT2D eigenvalue weighted by molar-refractivity contribution is 7.18. The smallest absolute Gasteiger partial charge is 0.191 e. The molecule has 1 aromatic heterocycles. The number of hydrogen-bond acceptors (Lipinski definition) is 3. The molecule has 0 spiro atoms. The Morgan fingerprint density at radius 1 is 1.12 bits per heavy atom. The molecule has 4 rings (SSSR count). The van der Waals surface area contributed by atoms with Crippen LogP contribution in [0.25, 0.3) is 21.2 Å². The predicted octanol–water partition coefficient (Wildman–Crippen LogP) is 5.26. The van der Waals surface area contributed by atoms with Gasteiger partial charge in [0.25, 0.3) is 0 Å². The number of fused-ring (bicyclic) bond motifs is 2. The normalized spacial score (nSPS) is 16.6. The molecule has 0 saturated carbocycles. The monoisotopic (exact) mass is 348 g/mol. The summed E-state index contributed by atoms with van der Waals surface area (Å²) in [6, 6.07) is 13.7. The van der Waals surface area contributed by atoms with Crippen molar-refractivity contribution < 1.29 is 4.79 Å². The van der Waals surface area contributed by atoms with Gasteiger partial charge in [0.05, 0.1) is 0 Å². The van der Waals surface area contributed by atoms with E-state index in [1.807, 2.05) is 36.4 Å². The van der Waals surface area contributed by atoms with Crippen LogP contribution in [-0.4, -0.2) is 6.29 Å². The maximum atomic E-state index is 12.9. The molecule has 1 aliphatic carbocycles. The Morgan fingerprint density at radius 3 is 2.60 bits per heavy atom. The molecule has 0 saturated heterocycles. The van der Waals surface area contributed by atoms with Gasteiger partial charge in [0, 0.05) is 26.1 Å². The van der Waals surface area contributed by atoms with Gasteiger partial charge in [-0.05, 0) is 48.4 Å². The van der Waals surface area contributed by atoms with E-state index in [2.05, 4.69) is 13.0 Å². The standard InChI is InChI=1S/C22H20O2S/c1-2-14-5-9-18-20(11-14)25-21-12-17(8-10-19(21)22(18)24)16-6-3-15(13-23)4-7-16/h3-4,6-8,10,12-14H,2,5,9,11H2,1H3. The van der Waals surface area contributed by atoms with Crippen LogP contribution in [0.1, 0.15) is 40.6 Å². The summed E-state index contributed by atoms with van der Waals surface area (Å²) in [5.74, 6) is 0.708. The molecule has 0 radical (unpaired) electrons. The van der Waals surface area contributed by atoms with Crippen molar-refractivity contribution in [3.05, 3.63) is 68.7 Å². The first-order valence-electron chi connectivity index (χ1n) is 8.84. The Hall–Kier alpha value is -2.26. The average molecular weight is 348 g/mol. The highest BCUT2D eigenvalue weighted by atomic mass is 32.1. The minimum absolute atomic E-state index is 0.223. The minimum Gasteiger partial charge on any atom is -0.298 e. The van der Waals surface area contributed by atoms with E-state index in [1.165, 1.54) is 11.3 Å². The van der Waals surface area contributed by atoms with Gasteiger partial charge < -0.3 is 0 Å². The lowest BCUT2D eigenvalue weighted by atomic mass is 9.86. The molecule has 0 bridgehead atoms. The minimum atomic E-state index is 0.223. The van der Waals surface area contributed by atoms with Crippen LogP contribution >= 0.6 is 11.3 Å². The molecule has 3 aromatic rings. The molecule has 0 amide bonds. The molecule has 2 nitrogen and oxygen atoms in total. The summed E-state index contributed by atoms with van der Waals surface area (Å²) in [4.78, 5) is 25.0. The van der Waals surface area contributed by atoms with Crippen LogP contribution in [0.5, 0.6) is 0 Å². The molecule has 0 N–H and O–H groups in total. The largest absolute Gasteiger partial charge is 0.298 e. The average Bonchev–Trinajstić information content (AvgIpc) is 2.67. The molecule has 2 aromatic carbocycles. The highest BCUT2D eigenvalue weighted by Gasteiger charge is 2.21. The second kappa shape index (κ2) is 6.57. The Morgan fingerprint density at radius 2 is 1.88 bits per heavy atom. The second-order valence-electron chi connectivity index (χ2n) is 6.80. The van der Waals surface area contributed by atoms with Crippen LogP contribution in [-0.2, 0) is 12.8 Å². The van der Waals surface area contributed by atoms with Gasteiger partial charge >= 0.3 is 0 Å². The molecule has 3 heteroatoms. The highest BCUT2D eigenvalue weighted by Crippen LogP contribution is 2.33. The summed E-state index contributed by atoms with van der Waals surface area (Å²) in [7, 11) is 0. The van der Waals surface area contributed by atoms with Gasteiger partial charge in [-0.25, -0.2) is 0 Å². The Kier molecular flexibility index (Phi) is 4.26. The van der Waals surface area contributed by atoms with Crippen molar-refractivity contribution in [2.75, 3.05) is 0 Å². The van der Waals surface area contributed by atoms with Crippen molar-refractivity contribution in [2.24, 2.45) is 5.92 Å². The lowest BCUT2D eigenvalue weighted by Gasteiger charge is -2.22. The van der Waals surface area contributed by atoms with E-state index in [1.54, 1.807) is 11.3 Å². The number of aldehydes is 1. The van der Waals surface area contributed by atoms with Crippen molar-refractivity contribution in [1.82, 2.24) is 0 Å². The number of rotatable bonds is 3. The third kappa shape index (κ3) is 2.93. The van der Waals surface area contributed by atoms with E-state index in [0.29, 0.717) is 11.5 Å². The van der Waals surface area contributed by atoms with Gasteiger partial charge in [0.15, 0.2) is 5.43 Å². The van der Waals surface area contributed by atoms with E-state index < -0.39 is 0 Å². The van der Waals surface area contributed by atoms with Gasteiger partial charge in [-0.1, -0.05) is 43.7 Å². The molecule has 1 heterocycles. The van der Waals surface area contributed by atoms with E-state index in [9.17, 15) is 9.59 Å². The molecule has 1 unspecified atom stereocenters. The van der Waals surface area contributed by atoms with Crippen molar-refractivity contribution in [2.45, 2.75) is 32.6 Å². The van der Waals surface area contributed by atoms with Crippen LogP contribution in [0, 0.1) is 5.92 Å². The molecule has 0 fully saturated rings. The summed E-state index contributed by atoms with van der Waals surface area (Å²) >= 11 is 1.78. The SMILES string of the molecule is CCC1CCc2c(sc3cc(-c4ccc(C=O)cc4)ccc3c2=O)C1. The summed E-state index contributed by atoms with van der Waals surface area (Å²) in [6.45, 7) is 2.24. The van der Waals surface area contributed by atoms with E-state index in [4.69, 9.17) is 0 Å². The third-order valence-electron chi connectivity index (χ3n) is 5.30. The second-order valence-corrected chi connectivity index (χ2v) is 7.94. The molecule has 1 atom stereocenters. The Balaban J connectivity index is 1.82. The molecule has 1 aliphatic rings. The van der Waals surface area contributed by atoms with Crippen molar-refractivity contribution >= 4 is 27.7 Å². The fourth-order valence-electron chi connectivity index (χ4n) is 3.69. The predicted molar refractivity (Wildman–Crippen MR) is 105 cm³/mol. The third-order valence-corrected chi connectivity index (χ3v) is 6.52. The van der Waals surface area contributed by atoms with Crippen LogP contribution in [0.3, 0.4) is 0 Å². The molecule has 126 valence electrons. The zero-order chi connectivity index (χ0) is 17.4. The summed E-state index contributed by atoms with van der Waals surface area (Å²) < 4.78 is 1.07. The lowest BCUT2D eigenvalue weighted by molar-refractivity contribution is 0.112. The number of hydrogen-bond donors (Lipinski definition) is 0. The summed E-state index contributed by atoms with van der Waals surface area (Å²) in [6.07, 6.45) is 5.14. The zero-order valence-electron chi connectivity index (χ0n) is 14.2. The topological polar surface area (TPSA) is 34.1 Å². The summed E-state index contributed by atoms with van der Waals surface area (Å²) in [5.41, 5.74) is 4.10. The van der Waals surface area contributed by atoms with Gasteiger partial charge in [-0.3, -0.25) is 9.59 Å². The van der Waals surface area contributed by atoms with Gasteiger partial charge in [0.2, 0.25) is 0 Å². The Bertz CT molecular complexity index is 999. The van der Waals surface area contributed by atoms with Crippen molar-refractivity contribution in [3.63, 3.8) is 0 Å². The molecular weight excluding hydrogens is 328 g/mol. The van der Waals surface area contributed by atoms with Crippen LogP contribution in [0.4, 0.5) is 0 Å². The zero-order valence-corrected chi connectivity index (χ0v) is 15.1. The number of carbonyl (C=O) groups excluding carboxylic acids is 1. The quantitative estimate of drug-likeness (QED) is 0.605. The number of benzene rings is 2.